The molecule has 0 saturated heterocycles. The van der Waals surface area contributed by atoms with E-state index < -0.39 is 0 Å². The van der Waals surface area contributed by atoms with Crippen molar-refractivity contribution >= 4 is 27.3 Å². The summed E-state index contributed by atoms with van der Waals surface area (Å²) in [6.07, 6.45) is 0.659. The van der Waals surface area contributed by atoms with Crippen molar-refractivity contribution < 1.29 is 4.39 Å². The Morgan fingerprint density at radius 2 is 2.24 bits per heavy atom. The summed E-state index contributed by atoms with van der Waals surface area (Å²) in [5.41, 5.74) is 1.94. The van der Waals surface area contributed by atoms with E-state index in [0.717, 1.165) is 10.0 Å². The smallest absolute Gasteiger partial charge is 0.127 e. The fourth-order valence-corrected chi connectivity index (χ4v) is 2.81. The highest BCUT2D eigenvalue weighted by Gasteiger charge is 2.13. The van der Waals surface area contributed by atoms with Gasteiger partial charge in [-0.25, -0.2) is 4.39 Å². The third-order valence-corrected chi connectivity index (χ3v) is 3.93. The Morgan fingerprint density at radius 1 is 1.41 bits per heavy atom. The van der Waals surface area contributed by atoms with Gasteiger partial charge in [0.15, 0.2) is 0 Å². The Kier molecular flexibility index (Phi) is 4.31. The molecule has 1 nitrogen and oxygen atoms in total. The lowest BCUT2D eigenvalue weighted by molar-refractivity contribution is 0.555. The second kappa shape index (κ2) is 5.76. The average molecular weight is 314 g/mol. The second-order valence-corrected chi connectivity index (χ2v) is 5.53. The Morgan fingerprint density at radius 3 is 2.82 bits per heavy atom. The molecule has 1 N–H and O–H groups in total. The fourth-order valence-electron chi connectivity index (χ4n) is 1.77. The molecule has 2 aromatic rings. The lowest BCUT2D eigenvalue weighted by Crippen LogP contribution is -2.18. The minimum absolute atomic E-state index is 0.158. The third-order valence-electron chi connectivity index (χ3n) is 2.73. The summed E-state index contributed by atoms with van der Waals surface area (Å²) in [5.74, 6) is -0.158. The van der Waals surface area contributed by atoms with Crippen LogP contribution in [0.3, 0.4) is 0 Å². The summed E-state index contributed by atoms with van der Waals surface area (Å²) in [4.78, 5) is 0. The molecule has 90 valence electrons. The van der Waals surface area contributed by atoms with Gasteiger partial charge in [-0.1, -0.05) is 22.0 Å². The highest BCUT2D eigenvalue weighted by molar-refractivity contribution is 9.10. The minimum atomic E-state index is -0.158. The van der Waals surface area contributed by atoms with E-state index in [9.17, 15) is 4.39 Å². The first-order chi connectivity index (χ1) is 8.20. The van der Waals surface area contributed by atoms with Crippen LogP contribution < -0.4 is 5.32 Å². The summed E-state index contributed by atoms with van der Waals surface area (Å²) < 4.78 is 14.5. The zero-order chi connectivity index (χ0) is 12.3. The van der Waals surface area contributed by atoms with Gasteiger partial charge in [0.25, 0.3) is 0 Å². The number of halogens is 2. The topological polar surface area (TPSA) is 12.0 Å². The Hall–Kier alpha value is -0.710. The van der Waals surface area contributed by atoms with E-state index in [-0.39, 0.29) is 11.9 Å². The monoisotopic (exact) mass is 313 g/mol. The lowest BCUT2D eigenvalue weighted by atomic mass is 10.0. The fraction of sp³-hybridized carbons (Fsp3) is 0.231. The predicted octanol–water partition coefficient (Wildman–Crippen LogP) is 4.15. The van der Waals surface area contributed by atoms with Crippen LogP contribution in [-0.2, 0) is 6.42 Å². The summed E-state index contributed by atoms with van der Waals surface area (Å²) in [5, 5.41) is 7.36. The van der Waals surface area contributed by atoms with Gasteiger partial charge in [-0.2, -0.15) is 11.3 Å². The molecular formula is C13H13BrFNS. The molecule has 0 spiro atoms. The lowest BCUT2D eigenvalue weighted by Gasteiger charge is -2.15. The summed E-state index contributed by atoms with van der Waals surface area (Å²) in [6, 6.07) is 7.45. The molecule has 1 aromatic heterocycles. The number of nitrogens with one attached hydrogen (secondary N) is 1. The maximum absolute atomic E-state index is 13.7. The second-order valence-electron chi connectivity index (χ2n) is 3.84. The van der Waals surface area contributed by atoms with Gasteiger partial charge < -0.3 is 5.32 Å². The van der Waals surface area contributed by atoms with Crippen LogP contribution in [0.25, 0.3) is 0 Å². The first kappa shape index (κ1) is 12.7. The van der Waals surface area contributed by atoms with Crippen LogP contribution in [0.2, 0.25) is 0 Å². The molecule has 0 aliphatic rings. The Bertz CT molecular complexity index is 484. The quantitative estimate of drug-likeness (QED) is 0.894. The Labute approximate surface area is 113 Å². The molecule has 0 aliphatic carbocycles. The molecule has 1 unspecified atom stereocenters. The highest BCUT2D eigenvalue weighted by atomic mass is 79.9. The highest BCUT2D eigenvalue weighted by Crippen LogP contribution is 2.23. The summed E-state index contributed by atoms with van der Waals surface area (Å²) >= 11 is 4.92. The zero-order valence-corrected chi connectivity index (χ0v) is 11.8. The third kappa shape index (κ3) is 3.15. The van der Waals surface area contributed by atoms with Crippen molar-refractivity contribution in [3.05, 3.63) is 56.4 Å². The van der Waals surface area contributed by atoms with Gasteiger partial charge in [-0.15, -0.1) is 0 Å². The van der Waals surface area contributed by atoms with Gasteiger partial charge in [-0.05, 0) is 53.6 Å². The van der Waals surface area contributed by atoms with Gasteiger partial charge >= 0.3 is 0 Å². The molecule has 2 rings (SSSR count). The molecule has 1 atom stereocenters. The molecule has 0 fully saturated rings. The van der Waals surface area contributed by atoms with Gasteiger partial charge in [0.2, 0.25) is 0 Å². The van der Waals surface area contributed by atoms with Crippen molar-refractivity contribution in [2.24, 2.45) is 0 Å². The van der Waals surface area contributed by atoms with E-state index in [1.54, 1.807) is 11.3 Å². The number of likely N-dealkylation sites (N-methyl/N-ethyl adjacent to an activating group) is 1. The van der Waals surface area contributed by atoms with E-state index in [4.69, 9.17) is 0 Å². The van der Waals surface area contributed by atoms with Crippen LogP contribution in [0, 0.1) is 5.82 Å². The predicted molar refractivity (Wildman–Crippen MR) is 73.9 cm³/mol. The van der Waals surface area contributed by atoms with Crippen LogP contribution >= 0.6 is 27.3 Å². The first-order valence-corrected chi connectivity index (χ1v) is 7.07. The molecule has 0 bridgehead atoms. The molecular weight excluding hydrogens is 301 g/mol. The Balaban J connectivity index is 2.19. The van der Waals surface area contributed by atoms with Crippen molar-refractivity contribution in [3.63, 3.8) is 0 Å². The van der Waals surface area contributed by atoms with E-state index in [1.165, 1.54) is 11.6 Å². The molecule has 0 saturated carbocycles. The molecule has 0 radical (unpaired) electrons. The van der Waals surface area contributed by atoms with Gasteiger partial charge in [0.05, 0.1) is 0 Å². The number of rotatable bonds is 4. The maximum atomic E-state index is 13.7. The molecule has 1 heterocycles. The van der Waals surface area contributed by atoms with Gasteiger partial charge in [0.1, 0.15) is 5.82 Å². The van der Waals surface area contributed by atoms with Crippen LogP contribution in [0.4, 0.5) is 4.39 Å². The van der Waals surface area contributed by atoms with E-state index >= 15 is 0 Å². The number of hydrogen-bond acceptors (Lipinski definition) is 2. The van der Waals surface area contributed by atoms with Crippen molar-refractivity contribution in [2.45, 2.75) is 12.5 Å². The van der Waals surface area contributed by atoms with Crippen molar-refractivity contribution in [3.8, 4) is 0 Å². The van der Waals surface area contributed by atoms with E-state index in [1.807, 2.05) is 24.6 Å². The number of benzene rings is 1. The van der Waals surface area contributed by atoms with Crippen LogP contribution in [0.5, 0.6) is 0 Å². The SMILES string of the molecule is CNC(Cc1ccc(Br)cc1F)c1ccsc1. The summed E-state index contributed by atoms with van der Waals surface area (Å²) in [6.45, 7) is 0. The van der Waals surface area contributed by atoms with Gasteiger partial charge in [0, 0.05) is 10.5 Å². The standard InChI is InChI=1S/C13H13BrFNS/c1-16-13(10-4-5-17-8-10)6-9-2-3-11(14)7-12(9)15/h2-5,7-8,13,16H,6H2,1H3. The molecule has 0 amide bonds. The zero-order valence-electron chi connectivity index (χ0n) is 9.41. The van der Waals surface area contributed by atoms with Crippen molar-refractivity contribution in [1.29, 1.82) is 0 Å². The number of hydrogen-bond donors (Lipinski definition) is 1. The summed E-state index contributed by atoms with van der Waals surface area (Å²) in [7, 11) is 1.90. The van der Waals surface area contributed by atoms with Crippen LogP contribution in [-0.4, -0.2) is 7.05 Å². The number of thiophene rings is 1. The molecule has 4 heteroatoms. The average Bonchev–Trinajstić information content (AvgIpc) is 2.81. The maximum Gasteiger partial charge on any atom is 0.127 e. The van der Waals surface area contributed by atoms with Gasteiger partial charge in [-0.3, -0.25) is 0 Å². The minimum Gasteiger partial charge on any atom is -0.313 e. The normalized spacial score (nSPS) is 12.6. The van der Waals surface area contributed by atoms with Crippen molar-refractivity contribution in [1.82, 2.24) is 5.32 Å². The first-order valence-electron chi connectivity index (χ1n) is 5.34. The van der Waals surface area contributed by atoms with E-state index in [0.29, 0.717) is 6.42 Å². The van der Waals surface area contributed by atoms with Crippen molar-refractivity contribution in [2.75, 3.05) is 7.05 Å². The van der Waals surface area contributed by atoms with E-state index in [2.05, 4.69) is 32.7 Å². The largest absolute Gasteiger partial charge is 0.313 e. The molecule has 17 heavy (non-hydrogen) atoms. The van der Waals surface area contributed by atoms with Crippen LogP contribution in [0.1, 0.15) is 17.2 Å². The molecule has 0 aliphatic heterocycles. The molecule has 1 aromatic carbocycles. The van der Waals surface area contributed by atoms with Crippen LogP contribution in [0.15, 0.2) is 39.5 Å².